The van der Waals surface area contributed by atoms with Gasteiger partial charge in [-0.3, -0.25) is 4.57 Å². The molecule has 2 N–H and O–H groups in total. The minimum absolute atomic E-state index is 0.0176. The SMILES string of the molecule is COC(=O)[C@@H](NC(=O)OCc1ccccc1)[C@@H](C)C(O)P(=O)(OC(C)(C)C)OC(C)(C)C. The van der Waals surface area contributed by atoms with Crippen LogP contribution in [0.2, 0.25) is 0 Å². The molecule has 0 fully saturated rings. The van der Waals surface area contributed by atoms with Crippen LogP contribution in [0.25, 0.3) is 0 Å². The lowest BCUT2D eigenvalue weighted by molar-refractivity contribution is -0.145. The van der Waals surface area contributed by atoms with Gasteiger partial charge in [0.05, 0.1) is 18.3 Å². The topological polar surface area (TPSA) is 120 Å². The first-order valence-electron chi connectivity index (χ1n) is 10.3. The number of aliphatic hydroxyl groups is 1. The van der Waals surface area contributed by atoms with Crippen molar-refractivity contribution in [3.8, 4) is 0 Å². The van der Waals surface area contributed by atoms with Gasteiger partial charge in [0.1, 0.15) is 12.6 Å². The Kier molecular flexibility index (Phi) is 9.90. The maximum Gasteiger partial charge on any atom is 0.408 e. The van der Waals surface area contributed by atoms with Gasteiger partial charge in [-0.25, -0.2) is 9.59 Å². The summed E-state index contributed by atoms with van der Waals surface area (Å²) >= 11 is 0. The van der Waals surface area contributed by atoms with Crippen molar-refractivity contribution < 1.29 is 37.8 Å². The summed E-state index contributed by atoms with van der Waals surface area (Å²) in [6.07, 6.45) is -0.897. The van der Waals surface area contributed by atoms with Gasteiger partial charge < -0.3 is 28.9 Å². The Labute approximate surface area is 190 Å². The van der Waals surface area contributed by atoms with Gasteiger partial charge in [-0.1, -0.05) is 37.3 Å². The molecule has 10 heteroatoms. The van der Waals surface area contributed by atoms with Crippen LogP contribution in [-0.4, -0.2) is 47.4 Å². The lowest BCUT2D eigenvalue weighted by Gasteiger charge is -2.37. The molecule has 32 heavy (non-hydrogen) atoms. The molecule has 1 aromatic carbocycles. The second kappa shape index (κ2) is 11.3. The fraction of sp³-hybridized carbons (Fsp3) is 0.636. The second-order valence-electron chi connectivity index (χ2n) is 9.43. The van der Waals surface area contributed by atoms with Crippen molar-refractivity contribution in [1.29, 1.82) is 0 Å². The van der Waals surface area contributed by atoms with Crippen LogP contribution in [0, 0.1) is 5.92 Å². The summed E-state index contributed by atoms with van der Waals surface area (Å²) in [6, 6.07) is 7.63. The second-order valence-corrected chi connectivity index (χ2v) is 11.4. The first-order chi connectivity index (χ1) is 14.6. The van der Waals surface area contributed by atoms with Crippen LogP contribution in [0.15, 0.2) is 30.3 Å². The minimum Gasteiger partial charge on any atom is -0.467 e. The third-order valence-corrected chi connectivity index (χ3v) is 6.79. The first kappa shape index (κ1) is 28.1. The molecular formula is C22H36NO8P. The van der Waals surface area contributed by atoms with Gasteiger partial charge in [0.2, 0.25) is 0 Å². The standard InChI is InChI=1S/C22H36NO8P/c1-15(19(25)32(27,30-21(2,3)4)31-22(5,6)7)17(18(24)28-8)23-20(26)29-14-16-12-10-9-11-13-16/h9-13,15,17,19,25H,14H2,1-8H3,(H,23,26)/t15-,17+,19?/m1/s1. The molecule has 1 aromatic rings. The highest BCUT2D eigenvalue weighted by Crippen LogP contribution is 2.59. The van der Waals surface area contributed by atoms with E-state index in [4.69, 9.17) is 18.5 Å². The number of carbonyl (C=O) groups is 2. The van der Waals surface area contributed by atoms with Crippen LogP contribution in [-0.2, 0) is 34.5 Å². The van der Waals surface area contributed by atoms with E-state index >= 15 is 0 Å². The van der Waals surface area contributed by atoms with Gasteiger partial charge in [-0.05, 0) is 47.1 Å². The Morgan fingerprint density at radius 1 is 1.03 bits per heavy atom. The number of methoxy groups -OCH3 is 1. The molecule has 0 saturated carbocycles. The van der Waals surface area contributed by atoms with Crippen LogP contribution in [0.3, 0.4) is 0 Å². The van der Waals surface area contributed by atoms with Crippen LogP contribution < -0.4 is 5.32 Å². The van der Waals surface area contributed by atoms with Gasteiger partial charge >= 0.3 is 19.7 Å². The van der Waals surface area contributed by atoms with Crippen molar-refractivity contribution in [3.05, 3.63) is 35.9 Å². The average molecular weight is 474 g/mol. The number of ether oxygens (including phenoxy) is 2. The number of alkyl carbamates (subject to hydrolysis) is 1. The van der Waals surface area contributed by atoms with Crippen molar-refractivity contribution in [2.75, 3.05) is 7.11 Å². The quantitative estimate of drug-likeness (QED) is 0.404. The van der Waals surface area contributed by atoms with Crippen molar-refractivity contribution in [2.45, 2.75) is 78.2 Å². The summed E-state index contributed by atoms with van der Waals surface area (Å²) in [7, 11) is -3.02. The molecule has 0 saturated heterocycles. The van der Waals surface area contributed by atoms with E-state index in [1.54, 1.807) is 65.8 Å². The molecule has 0 heterocycles. The van der Waals surface area contributed by atoms with Crippen LogP contribution in [0.4, 0.5) is 4.79 Å². The fourth-order valence-corrected chi connectivity index (χ4v) is 5.30. The smallest absolute Gasteiger partial charge is 0.408 e. The lowest BCUT2D eigenvalue weighted by atomic mass is 10.0. The van der Waals surface area contributed by atoms with E-state index in [0.29, 0.717) is 0 Å². The summed E-state index contributed by atoms with van der Waals surface area (Å²) in [5, 5.41) is 13.4. The molecule has 0 spiro atoms. The lowest BCUT2D eigenvalue weighted by Crippen LogP contribution is -2.49. The highest BCUT2D eigenvalue weighted by molar-refractivity contribution is 7.54. The number of esters is 1. The molecule has 0 radical (unpaired) electrons. The van der Waals surface area contributed by atoms with Crippen LogP contribution >= 0.6 is 7.60 Å². The van der Waals surface area contributed by atoms with Gasteiger partial charge in [0.15, 0.2) is 5.85 Å². The maximum atomic E-state index is 13.6. The summed E-state index contributed by atoms with van der Waals surface area (Å²) in [5.41, 5.74) is -1.07. The summed E-state index contributed by atoms with van der Waals surface area (Å²) in [6.45, 7) is 11.4. The van der Waals surface area contributed by atoms with Gasteiger partial charge in [-0.15, -0.1) is 0 Å². The summed E-state index contributed by atoms with van der Waals surface area (Å²) < 4.78 is 34.8. The Balaban J connectivity index is 3.06. The molecule has 1 amide bonds. The number of carbonyl (C=O) groups excluding carboxylic acids is 2. The van der Waals surface area contributed by atoms with E-state index in [1.807, 2.05) is 6.07 Å². The van der Waals surface area contributed by atoms with Crippen LogP contribution in [0.5, 0.6) is 0 Å². The van der Waals surface area contributed by atoms with Gasteiger partial charge in [0, 0.05) is 5.92 Å². The molecule has 0 aliphatic carbocycles. The number of hydrogen-bond donors (Lipinski definition) is 2. The number of hydrogen-bond acceptors (Lipinski definition) is 8. The first-order valence-corrected chi connectivity index (χ1v) is 11.9. The molecule has 0 aromatic heterocycles. The number of aliphatic hydroxyl groups excluding tert-OH is 1. The maximum absolute atomic E-state index is 13.6. The number of nitrogens with one attached hydrogen (secondary N) is 1. The molecule has 182 valence electrons. The average Bonchev–Trinajstić information content (AvgIpc) is 2.66. The van der Waals surface area contributed by atoms with Crippen molar-refractivity contribution in [2.24, 2.45) is 5.92 Å². The molecule has 3 atom stereocenters. The zero-order valence-corrected chi connectivity index (χ0v) is 21.0. The Morgan fingerprint density at radius 2 is 1.53 bits per heavy atom. The third kappa shape index (κ3) is 9.28. The minimum atomic E-state index is -4.16. The summed E-state index contributed by atoms with van der Waals surface area (Å²) in [4.78, 5) is 24.7. The molecule has 1 rings (SSSR count). The Morgan fingerprint density at radius 3 is 1.97 bits per heavy atom. The zero-order valence-electron chi connectivity index (χ0n) is 20.1. The van der Waals surface area contributed by atoms with E-state index in [-0.39, 0.29) is 6.61 Å². The Hall–Kier alpha value is -1.93. The van der Waals surface area contributed by atoms with Crippen molar-refractivity contribution >= 4 is 19.7 Å². The Bertz CT molecular complexity index is 780. The highest BCUT2D eigenvalue weighted by Gasteiger charge is 2.48. The number of rotatable bonds is 9. The molecule has 0 aliphatic heterocycles. The zero-order chi connectivity index (χ0) is 24.7. The van der Waals surface area contributed by atoms with Crippen LogP contribution in [0.1, 0.15) is 54.0 Å². The normalized spacial score (nSPS) is 15.4. The molecule has 0 aliphatic rings. The van der Waals surface area contributed by atoms with E-state index in [0.717, 1.165) is 12.7 Å². The predicted octanol–water partition coefficient (Wildman–Crippen LogP) is 4.23. The van der Waals surface area contributed by atoms with E-state index < -0.39 is 48.7 Å². The van der Waals surface area contributed by atoms with Gasteiger partial charge in [-0.2, -0.15) is 0 Å². The molecule has 0 bridgehead atoms. The third-order valence-electron chi connectivity index (χ3n) is 4.06. The monoisotopic (exact) mass is 473 g/mol. The molecule has 1 unspecified atom stereocenters. The largest absolute Gasteiger partial charge is 0.467 e. The van der Waals surface area contributed by atoms with Crippen molar-refractivity contribution in [3.63, 3.8) is 0 Å². The molecule has 9 nitrogen and oxygen atoms in total. The fourth-order valence-electron chi connectivity index (χ4n) is 2.77. The van der Waals surface area contributed by atoms with Crippen molar-refractivity contribution in [1.82, 2.24) is 5.32 Å². The molecular weight excluding hydrogens is 437 g/mol. The number of benzene rings is 1. The van der Waals surface area contributed by atoms with E-state index in [2.05, 4.69) is 5.32 Å². The van der Waals surface area contributed by atoms with E-state index in [9.17, 15) is 19.3 Å². The van der Waals surface area contributed by atoms with Gasteiger partial charge in [0.25, 0.3) is 0 Å². The highest BCUT2D eigenvalue weighted by atomic mass is 31.2. The van der Waals surface area contributed by atoms with E-state index in [1.165, 1.54) is 6.92 Å². The predicted molar refractivity (Wildman–Crippen MR) is 120 cm³/mol. The summed E-state index contributed by atoms with van der Waals surface area (Å²) in [5.74, 6) is -3.67. The number of amides is 1.